The number of thiol groups is 1. The van der Waals surface area contributed by atoms with Crippen molar-refractivity contribution in [2.75, 3.05) is 12.3 Å². The van der Waals surface area contributed by atoms with Gasteiger partial charge in [0.2, 0.25) is 11.8 Å². The van der Waals surface area contributed by atoms with Gasteiger partial charge in [-0.2, -0.15) is 12.6 Å². The second-order valence-corrected chi connectivity index (χ2v) is 9.40. The molecule has 2 aliphatic rings. The predicted molar refractivity (Wildman–Crippen MR) is 123 cm³/mol. The summed E-state index contributed by atoms with van der Waals surface area (Å²) in [6.45, 7) is 2.12. The van der Waals surface area contributed by atoms with Crippen molar-refractivity contribution >= 4 is 30.4 Å². The summed E-state index contributed by atoms with van der Waals surface area (Å²) in [5, 5.41) is 12.5. The summed E-state index contributed by atoms with van der Waals surface area (Å²) in [7, 11) is 0. The summed E-state index contributed by atoms with van der Waals surface area (Å²) < 4.78 is 0. The molecule has 1 saturated heterocycles. The molecule has 2 amide bonds. The number of hydrogen-bond donors (Lipinski definition) is 3. The van der Waals surface area contributed by atoms with Gasteiger partial charge in [-0.1, -0.05) is 62.4 Å². The lowest BCUT2D eigenvalue weighted by Crippen LogP contribution is -2.51. The number of aliphatic carboxylic acids is 1. The van der Waals surface area contributed by atoms with Crippen molar-refractivity contribution < 1.29 is 19.5 Å². The van der Waals surface area contributed by atoms with Crippen LogP contribution in [0.4, 0.5) is 0 Å². The molecule has 1 saturated carbocycles. The van der Waals surface area contributed by atoms with E-state index >= 15 is 0 Å². The number of nitrogens with one attached hydrogen (secondary N) is 1. The number of amides is 2. The number of carboxylic acid groups (broad SMARTS) is 1. The monoisotopic (exact) mass is 446 g/mol. The second-order valence-electron chi connectivity index (χ2n) is 9.04. The van der Waals surface area contributed by atoms with E-state index in [-0.39, 0.29) is 23.7 Å². The Balaban J connectivity index is 1.61. The number of carbonyl (C=O) groups excluding carboxylic acids is 2. The summed E-state index contributed by atoms with van der Waals surface area (Å²) >= 11 is 4.32. The Labute approximate surface area is 190 Å². The van der Waals surface area contributed by atoms with Gasteiger partial charge in [-0.3, -0.25) is 9.59 Å². The quantitative estimate of drug-likeness (QED) is 0.536. The molecule has 2 N–H and O–H groups in total. The van der Waals surface area contributed by atoms with Gasteiger partial charge in [0.1, 0.15) is 12.1 Å². The molecule has 1 aromatic rings. The Morgan fingerprint density at radius 2 is 1.81 bits per heavy atom. The van der Waals surface area contributed by atoms with Crippen LogP contribution in [0.2, 0.25) is 0 Å². The molecule has 3 rings (SSSR count). The van der Waals surface area contributed by atoms with Crippen molar-refractivity contribution in [3.63, 3.8) is 0 Å². The third-order valence-corrected chi connectivity index (χ3v) is 7.30. The van der Waals surface area contributed by atoms with Gasteiger partial charge >= 0.3 is 5.97 Å². The van der Waals surface area contributed by atoms with Gasteiger partial charge in [-0.25, -0.2) is 4.79 Å². The van der Waals surface area contributed by atoms with Crippen molar-refractivity contribution in [3.8, 4) is 0 Å². The zero-order chi connectivity index (χ0) is 22.4. The number of carbonyl (C=O) groups is 3. The van der Waals surface area contributed by atoms with Crippen LogP contribution in [0, 0.1) is 17.8 Å². The summed E-state index contributed by atoms with van der Waals surface area (Å²) in [6, 6.07) is 8.14. The topological polar surface area (TPSA) is 86.7 Å². The van der Waals surface area contributed by atoms with E-state index < -0.39 is 18.1 Å². The molecule has 31 heavy (non-hydrogen) atoms. The Morgan fingerprint density at radius 3 is 2.42 bits per heavy atom. The van der Waals surface area contributed by atoms with Gasteiger partial charge in [-0.15, -0.1) is 0 Å². The first kappa shape index (κ1) is 23.6. The smallest absolute Gasteiger partial charge is 0.326 e. The van der Waals surface area contributed by atoms with Crippen molar-refractivity contribution in [2.24, 2.45) is 17.8 Å². The van der Waals surface area contributed by atoms with Crippen LogP contribution in [-0.2, 0) is 20.8 Å². The Hall–Kier alpha value is -2.02. The SMILES string of the molecule is C[C@H](NC(=O)[C@@H](CS)Cc1ccccc1)C(=O)N1C[C@H](C2CCCCC2)C[C@H]1C(=O)O. The number of hydrogen-bond acceptors (Lipinski definition) is 4. The Kier molecular flexibility index (Phi) is 8.41. The van der Waals surface area contributed by atoms with Gasteiger partial charge in [0.25, 0.3) is 0 Å². The van der Waals surface area contributed by atoms with E-state index in [1.54, 1.807) is 6.92 Å². The predicted octanol–water partition coefficient (Wildman–Crippen LogP) is 3.16. The van der Waals surface area contributed by atoms with Gasteiger partial charge in [0.05, 0.1) is 5.92 Å². The van der Waals surface area contributed by atoms with Gasteiger partial charge < -0.3 is 15.3 Å². The minimum Gasteiger partial charge on any atom is -0.480 e. The molecule has 0 bridgehead atoms. The van der Waals surface area contributed by atoms with Crippen LogP contribution in [0.25, 0.3) is 0 Å². The average molecular weight is 447 g/mol. The maximum Gasteiger partial charge on any atom is 0.326 e. The lowest BCUT2D eigenvalue weighted by molar-refractivity contribution is -0.149. The maximum absolute atomic E-state index is 13.1. The van der Waals surface area contributed by atoms with E-state index in [2.05, 4.69) is 17.9 Å². The maximum atomic E-state index is 13.1. The zero-order valence-corrected chi connectivity index (χ0v) is 19.1. The fraction of sp³-hybridized carbons (Fsp3) is 0.625. The molecule has 6 nitrogen and oxygen atoms in total. The first-order valence-electron chi connectivity index (χ1n) is 11.4. The molecule has 7 heteroatoms. The first-order chi connectivity index (χ1) is 14.9. The molecule has 1 aliphatic heterocycles. The zero-order valence-electron chi connectivity index (χ0n) is 18.2. The van der Waals surface area contributed by atoms with Gasteiger partial charge in [-0.05, 0) is 37.2 Å². The summed E-state index contributed by atoms with van der Waals surface area (Å²) in [5.41, 5.74) is 1.04. The molecule has 1 aromatic carbocycles. The molecule has 0 radical (unpaired) electrons. The molecule has 1 heterocycles. The standard InChI is InChI=1S/C24H34N2O4S/c1-16(25-22(27)20(15-31)12-17-8-4-2-5-9-17)23(28)26-14-19(13-21(26)24(29)30)18-10-6-3-7-11-18/h2,4-5,8-9,16,18-21,31H,3,6-7,10-15H2,1H3,(H,25,27)(H,29,30)/t16-,19+,20+,21-/m0/s1. The minimum atomic E-state index is -0.956. The lowest BCUT2D eigenvalue weighted by atomic mass is 9.79. The number of benzene rings is 1. The molecular weight excluding hydrogens is 412 g/mol. The molecule has 0 unspecified atom stereocenters. The van der Waals surface area contributed by atoms with Crippen molar-refractivity contribution in [3.05, 3.63) is 35.9 Å². The molecule has 2 fully saturated rings. The van der Waals surface area contributed by atoms with Crippen molar-refractivity contribution in [2.45, 2.75) is 64.0 Å². The van der Waals surface area contributed by atoms with E-state index in [4.69, 9.17) is 0 Å². The third kappa shape index (κ3) is 6.03. The largest absolute Gasteiger partial charge is 0.480 e. The highest BCUT2D eigenvalue weighted by molar-refractivity contribution is 7.80. The van der Waals surface area contributed by atoms with Gasteiger partial charge in [0, 0.05) is 12.3 Å². The Bertz CT molecular complexity index is 766. The van der Waals surface area contributed by atoms with Crippen LogP contribution < -0.4 is 5.32 Å². The highest BCUT2D eigenvalue weighted by Crippen LogP contribution is 2.37. The van der Waals surface area contributed by atoms with Crippen LogP contribution in [0.1, 0.15) is 51.0 Å². The van der Waals surface area contributed by atoms with Crippen LogP contribution >= 0.6 is 12.6 Å². The van der Waals surface area contributed by atoms with E-state index in [9.17, 15) is 19.5 Å². The van der Waals surface area contributed by atoms with E-state index in [0.29, 0.717) is 31.1 Å². The van der Waals surface area contributed by atoms with Gasteiger partial charge in [0.15, 0.2) is 0 Å². The molecule has 1 aliphatic carbocycles. The summed E-state index contributed by atoms with van der Waals surface area (Å²) in [5.74, 6) is -0.750. The third-order valence-electron chi connectivity index (χ3n) is 6.86. The fourth-order valence-electron chi connectivity index (χ4n) is 5.07. The van der Waals surface area contributed by atoms with Crippen LogP contribution in [-0.4, -0.2) is 52.2 Å². The highest BCUT2D eigenvalue weighted by Gasteiger charge is 2.43. The normalized spacial score (nSPS) is 23.9. The van der Waals surface area contributed by atoms with Crippen LogP contribution in [0.5, 0.6) is 0 Å². The fourth-order valence-corrected chi connectivity index (χ4v) is 5.37. The first-order valence-corrected chi connectivity index (χ1v) is 12.0. The summed E-state index contributed by atoms with van der Waals surface area (Å²) in [4.78, 5) is 39.3. The van der Waals surface area contributed by atoms with Crippen molar-refractivity contribution in [1.82, 2.24) is 10.2 Å². The minimum absolute atomic E-state index is 0.227. The van der Waals surface area contributed by atoms with Crippen LogP contribution in [0.15, 0.2) is 30.3 Å². The number of carboxylic acids is 1. The molecule has 0 aromatic heterocycles. The average Bonchev–Trinajstić information content (AvgIpc) is 3.24. The highest BCUT2D eigenvalue weighted by atomic mass is 32.1. The molecule has 0 spiro atoms. The second kappa shape index (κ2) is 11.0. The lowest BCUT2D eigenvalue weighted by Gasteiger charge is -2.28. The summed E-state index contributed by atoms with van der Waals surface area (Å²) in [6.07, 6.45) is 6.91. The van der Waals surface area contributed by atoms with E-state index in [1.807, 2.05) is 30.3 Å². The van der Waals surface area contributed by atoms with Crippen LogP contribution in [0.3, 0.4) is 0 Å². The molecule has 4 atom stereocenters. The molecular formula is C24H34N2O4S. The molecule has 170 valence electrons. The number of rotatable bonds is 8. The van der Waals surface area contributed by atoms with E-state index in [1.165, 1.54) is 24.2 Å². The number of nitrogens with zero attached hydrogens (tertiary/aromatic N) is 1. The van der Waals surface area contributed by atoms with Crippen molar-refractivity contribution in [1.29, 1.82) is 0 Å². The number of likely N-dealkylation sites (tertiary alicyclic amines) is 1. The van der Waals surface area contributed by atoms with E-state index in [0.717, 1.165) is 18.4 Å². The Morgan fingerprint density at radius 1 is 1.13 bits per heavy atom.